The maximum absolute atomic E-state index is 12.1. The number of esters is 1. The summed E-state index contributed by atoms with van der Waals surface area (Å²) in [5.41, 5.74) is -2.33. The number of rotatable bonds is 6. The summed E-state index contributed by atoms with van der Waals surface area (Å²) < 4.78 is 10.9. The molecule has 1 saturated heterocycles. The lowest BCUT2D eigenvalue weighted by Crippen LogP contribution is -2.39. The summed E-state index contributed by atoms with van der Waals surface area (Å²) in [5.74, 6) is -1.09. The fraction of sp³-hybridized carbons (Fsp3) is 0.625. The lowest BCUT2D eigenvalue weighted by atomic mass is 10.1. The molecular formula is C16H25N2O8P. The highest BCUT2D eigenvalue weighted by atomic mass is 31.2. The monoisotopic (exact) mass is 404 g/mol. The lowest BCUT2D eigenvalue weighted by Gasteiger charge is -2.19. The molecule has 11 heteroatoms. The predicted molar refractivity (Wildman–Crippen MR) is 99.6 cm³/mol. The number of hydrogen-bond donors (Lipinski definition) is 4. The molecule has 1 aromatic heterocycles. The van der Waals surface area contributed by atoms with Crippen molar-refractivity contribution in [1.29, 1.82) is 0 Å². The van der Waals surface area contributed by atoms with Crippen LogP contribution in [0.5, 0.6) is 0 Å². The molecule has 1 fully saturated rings. The van der Waals surface area contributed by atoms with Crippen molar-refractivity contribution in [3.05, 3.63) is 32.6 Å². The number of methoxy groups -OCH3 is 1. The Morgan fingerprint density at radius 3 is 2.59 bits per heavy atom. The molecule has 0 amide bonds. The standard InChI is InChI=1S/C16H25N2O8P/c1-25-15(23)10(19)8-7-18(16(24)17-13(8)22)14-12(21)11(20)9(26-14)5-6-27(2,3)4/h7,9-12,14,19-21H,2,5-6H2,1,3-4H3,(H,17,22,24)/t9-,10?,11-,12-,14-/m1/s1. The van der Waals surface area contributed by atoms with Crippen LogP contribution in [0.4, 0.5) is 0 Å². The second-order valence-electron chi connectivity index (χ2n) is 7.17. The van der Waals surface area contributed by atoms with E-state index in [0.717, 1.165) is 17.9 Å². The third-order valence-corrected chi connectivity index (χ3v) is 5.81. The van der Waals surface area contributed by atoms with Crippen LogP contribution < -0.4 is 11.2 Å². The summed E-state index contributed by atoms with van der Waals surface area (Å²) in [7, 11) is 1.04. The van der Waals surface area contributed by atoms with E-state index in [9.17, 15) is 29.7 Å². The topological polar surface area (TPSA) is 151 Å². The molecule has 0 aliphatic carbocycles. The number of aliphatic hydroxyl groups excluding tert-OH is 3. The summed E-state index contributed by atoms with van der Waals surface area (Å²) in [6, 6.07) is 0. The van der Waals surface area contributed by atoms with Crippen molar-refractivity contribution in [3.63, 3.8) is 0 Å². The molecule has 0 bridgehead atoms. The summed E-state index contributed by atoms with van der Waals surface area (Å²) in [4.78, 5) is 37.5. The van der Waals surface area contributed by atoms with Crippen LogP contribution in [0, 0.1) is 0 Å². The highest BCUT2D eigenvalue weighted by Crippen LogP contribution is 2.39. The molecular weight excluding hydrogens is 379 g/mol. The second kappa shape index (κ2) is 8.12. The van der Waals surface area contributed by atoms with Crippen LogP contribution in [0.15, 0.2) is 15.8 Å². The number of nitrogens with zero attached hydrogens (tertiary/aromatic N) is 1. The number of aromatic amines is 1. The highest BCUT2D eigenvalue weighted by Gasteiger charge is 2.44. The van der Waals surface area contributed by atoms with Crippen molar-refractivity contribution < 1.29 is 29.6 Å². The van der Waals surface area contributed by atoms with Gasteiger partial charge in [0.25, 0.3) is 5.56 Å². The van der Waals surface area contributed by atoms with Gasteiger partial charge in [0.05, 0.1) is 18.8 Å². The molecule has 1 aliphatic rings. The number of carbonyl (C=O) groups excluding carboxylic acids is 1. The Morgan fingerprint density at radius 1 is 1.41 bits per heavy atom. The van der Waals surface area contributed by atoms with Gasteiger partial charge in [-0.25, -0.2) is 9.59 Å². The molecule has 5 atom stereocenters. The van der Waals surface area contributed by atoms with Gasteiger partial charge in [-0.15, -0.1) is 13.2 Å². The zero-order chi connectivity index (χ0) is 20.5. The molecule has 4 N–H and O–H groups in total. The molecule has 27 heavy (non-hydrogen) atoms. The summed E-state index contributed by atoms with van der Waals surface area (Å²) >= 11 is 0. The van der Waals surface area contributed by atoms with E-state index < -0.39 is 60.3 Å². The van der Waals surface area contributed by atoms with E-state index in [1.807, 2.05) is 18.3 Å². The molecule has 1 unspecified atom stereocenters. The van der Waals surface area contributed by atoms with Crippen molar-refractivity contribution in [2.45, 2.75) is 37.1 Å². The lowest BCUT2D eigenvalue weighted by molar-refractivity contribution is -0.150. The van der Waals surface area contributed by atoms with Crippen molar-refractivity contribution in [3.8, 4) is 0 Å². The Kier molecular flexibility index (Phi) is 6.49. The third kappa shape index (κ3) is 4.77. The number of ether oxygens (including phenoxy) is 2. The zero-order valence-electron chi connectivity index (χ0n) is 15.4. The fourth-order valence-electron chi connectivity index (χ4n) is 2.80. The SMILES string of the molecule is C=P(C)(C)CC[C@H]1O[C@@H](n2cc(C(O)C(=O)OC)c(=O)[nH]c2=O)[C@H](O)[C@@H]1O. The first-order valence-electron chi connectivity index (χ1n) is 8.26. The molecule has 1 aromatic rings. The normalized spacial score (nSPS) is 26.7. The van der Waals surface area contributed by atoms with Crippen LogP contribution in [0.1, 0.15) is 24.3 Å². The number of aliphatic hydroxyl groups is 3. The summed E-state index contributed by atoms with van der Waals surface area (Å²) in [5, 5.41) is 30.5. The van der Waals surface area contributed by atoms with E-state index in [0.29, 0.717) is 12.6 Å². The highest BCUT2D eigenvalue weighted by molar-refractivity contribution is 7.72. The smallest absolute Gasteiger partial charge is 0.339 e. The van der Waals surface area contributed by atoms with E-state index in [1.54, 1.807) is 0 Å². The molecule has 1 aliphatic heterocycles. The fourth-order valence-corrected chi connectivity index (χ4v) is 3.75. The maximum Gasteiger partial charge on any atom is 0.339 e. The molecule has 0 spiro atoms. The van der Waals surface area contributed by atoms with Crippen LogP contribution in [0.2, 0.25) is 0 Å². The molecule has 2 heterocycles. The van der Waals surface area contributed by atoms with Crippen LogP contribution in [-0.4, -0.2) is 82.1 Å². The number of nitrogens with one attached hydrogen (secondary N) is 1. The van der Waals surface area contributed by atoms with Gasteiger partial charge in [-0.1, -0.05) is 0 Å². The van der Waals surface area contributed by atoms with Crippen molar-refractivity contribution in [2.24, 2.45) is 0 Å². The van der Waals surface area contributed by atoms with E-state index in [1.165, 1.54) is 0 Å². The molecule has 10 nitrogen and oxygen atoms in total. The van der Waals surface area contributed by atoms with Gasteiger partial charge in [0.2, 0.25) is 0 Å². The van der Waals surface area contributed by atoms with Crippen LogP contribution >= 0.6 is 6.89 Å². The van der Waals surface area contributed by atoms with Gasteiger partial charge in [-0.2, -0.15) is 0 Å². The van der Waals surface area contributed by atoms with Gasteiger partial charge >= 0.3 is 11.7 Å². The molecule has 2 rings (SSSR count). The molecule has 0 aromatic carbocycles. The molecule has 152 valence electrons. The van der Waals surface area contributed by atoms with E-state index in [-0.39, 0.29) is 0 Å². The van der Waals surface area contributed by atoms with Crippen molar-refractivity contribution in [2.75, 3.05) is 26.6 Å². The minimum atomic E-state index is -1.92. The minimum absolute atomic E-state index is 0.439. The first-order chi connectivity index (χ1) is 12.5. The predicted octanol–water partition coefficient (Wildman–Crippen LogP) is -1.54. The molecule has 0 saturated carbocycles. The number of hydrogen-bond acceptors (Lipinski definition) is 8. The van der Waals surface area contributed by atoms with Crippen molar-refractivity contribution in [1.82, 2.24) is 9.55 Å². The Bertz CT molecular complexity index is 857. The quantitative estimate of drug-likeness (QED) is 0.329. The Balaban J connectivity index is 2.34. The number of aromatic nitrogens is 2. The zero-order valence-corrected chi connectivity index (χ0v) is 16.3. The van der Waals surface area contributed by atoms with Gasteiger partial charge < -0.3 is 24.8 Å². The van der Waals surface area contributed by atoms with Crippen LogP contribution in [0.3, 0.4) is 0 Å². The summed E-state index contributed by atoms with van der Waals surface area (Å²) in [6.07, 6.45) is -0.458. The second-order valence-corrected chi connectivity index (χ2v) is 11.5. The number of carbonyl (C=O) groups is 1. The Morgan fingerprint density at radius 2 is 2.04 bits per heavy atom. The van der Waals surface area contributed by atoms with Crippen LogP contribution in [-0.2, 0) is 14.3 Å². The maximum atomic E-state index is 12.1. The third-order valence-electron chi connectivity index (χ3n) is 4.34. The minimum Gasteiger partial charge on any atom is -0.467 e. The van der Waals surface area contributed by atoms with Crippen molar-refractivity contribution >= 4 is 19.2 Å². The first-order valence-corrected chi connectivity index (χ1v) is 11.3. The average Bonchev–Trinajstić information content (AvgIpc) is 2.86. The van der Waals surface area contributed by atoms with E-state index in [4.69, 9.17) is 4.74 Å². The molecule has 0 radical (unpaired) electrons. The van der Waals surface area contributed by atoms with Gasteiger partial charge in [0.1, 0.15) is 12.2 Å². The van der Waals surface area contributed by atoms with Gasteiger partial charge in [0, 0.05) is 6.20 Å². The Labute approximate surface area is 155 Å². The van der Waals surface area contributed by atoms with E-state index in [2.05, 4.69) is 11.0 Å². The summed E-state index contributed by atoms with van der Waals surface area (Å²) in [6.45, 7) is 2.66. The first kappa shape index (κ1) is 21.6. The van der Waals surface area contributed by atoms with E-state index >= 15 is 0 Å². The van der Waals surface area contributed by atoms with Gasteiger partial charge in [-0.3, -0.25) is 14.3 Å². The van der Waals surface area contributed by atoms with Crippen LogP contribution in [0.25, 0.3) is 0 Å². The average molecular weight is 404 g/mol. The number of H-pyrrole nitrogens is 1. The largest absolute Gasteiger partial charge is 0.467 e. The van der Waals surface area contributed by atoms with Gasteiger partial charge in [-0.05, 0) is 25.9 Å². The van der Waals surface area contributed by atoms with Gasteiger partial charge in [0.15, 0.2) is 12.3 Å². The Hall–Kier alpha value is -1.71.